The van der Waals surface area contributed by atoms with E-state index in [0.717, 1.165) is 19.3 Å². The summed E-state index contributed by atoms with van der Waals surface area (Å²) in [7, 11) is 1.57. The van der Waals surface area contributed by atoms with Crippen molar-refractivity contribution in [3.05, 3.63) is 28.7 Å². The van der Waals surface area contributed by atoms with Crippen molar-refractivity contribution in [3.63, 3.8) is 0 Å². The van der Waals surface area contributed by atoms with Gasteiger partial charge in [0.05, 0.1) is 5.52 Å². The first-order chi connectivity index (χ1) is 11.9. The molecule has 25 heavy (non-hydrogen) atoms. The number of nitrogens with zero attached hydrogens (tertiary/aromatic N) is 2. The summed E-state index contributed by atoms with van der Waals surface area (Å²) in [4.78, 5) is 37.9. The van der Waals surface area contributed by atoms with E-state index < -0.39 is 23.1 Å². The number of primary amides is 1. The number of oxazole rings is 1. The van der Waals surface area contributed by atoms with Crippen LogP contribution >= 0.6 is 0 Å². The van der Waals surface area contributed by atoms with Gasteiger partial charge >= 0.3 is 11.7 Å². The highest BCUT2D eigenvalue weighted by molar-refractivity contribution is 6.11. The van der Waals surface area contributed by atoms with Crippen LogP contribution in [0.25, 0.3) is 11.1 Å². The van der Waals surface area contributed by atoms with Gasteiger partial charge in [0.15, 0.2) is 5.58 Å². The second-order valence-corrected chi connectivity index (χ2v) is 6.32. The number of hydrogen-bond donors (Lipinski definition) is 1. The van der Waals surface area contributed by atoms with Gasteiger partial charge in [0, 0.05) is 12.7 Å². The lowest BCUT2D eigenvalue weighted by Crippen LogP contribution is -2.60. The van der Waals surface area contributed by atoms with Crippen molar-refractivity contribution in [2.45, 2.75) is 37.6 Å². The smallest absolute Gasteiger partial charge is 0.408 e. The van der Waals surface area contributed by atoms with Crippen LogP contribution in [0.15, 0.2) is 27.4 Å². The van der Waals surface area contributed by atoms with Crippen molar-refractivity contribution in [3.8, 4) is 12.3 Å². The Morgan fingerprint density at radius 2 is 2.00 bits per heavy atom. The molecule has 1 heterocycles. The molecule has 1 aliphatic carbocycles. The second kappa shape index (κ2) is 6.13. The fourth-order valence-electron chi connectivity index (χ4n) is 3.59. The highest BCUT2D eigenvalue weighted by Gasteiger charge is 2.46. The monoisotopic (exact) mass is 341 g/mol. The number of rotatable bonds is 3. The number of hydrogen-bond acceptors (Lipinski definition) is 4. The van der Waals surface area contributed by atoms with Gasteiger partial charge in [-0.15, -0.1) is 6.42 Å². The Bertz CT molecular complexity index is 941. The molecule has 1 saturated carbocycles. The molecule has 7 heteroatoms. The van der Waals surface area contributed by atoms with Gasteiger partial charge in [-0.2, -0.15) is 0 Å². The average Bonchev–Trinajstić information content (AvgIpc) is 2.90. The minimum absolute atomic E-state index is 0.390. The summed E-state index contributed by atoms with van der Waals surface area (Å²) >= 11 is 0. The van der Waals surface area contributed by atoms with Crippen molar-refractivity contribution in [1.82, 2.24) is 4.57 Å². The van der Waals surface area contributed by atoms with Gasteiger partial charge in [-0.05, 0) is 37.0 Å². The van der Waals surface area contributed by atoms with Crippen LogP contribution in [0, 0.1) is 12.3 Å². The molecule has 2 amide bonds. The molecule has 2 N–H and O–H groups in total. The molecule has 1 aromatic heterocycles. The summed E-state index contributed by atoms with van der Waals surface area (Å²) in [6, 6.07) is 4.81. The fourth-order valence-corrected chi connectivity index (χ4v) is 3.59. The zero-order valence-electron chi connectivity index (χ0n) is 13.9. The Hall–Kier alpha value is -3.01. The number of terminal acetylenes is 1. The lowest BCUT2D eigenvalue weighted by Gasteiger charge is -2.43. The Kier molecular flexibility index (Phi) is 4.13. The summed E-state index contributed by atoms with van der Waals surface area (Å²) in [6.45, 7) is 0. The van der Waals surface area contributed by atoms with E-state index in [1.54, 1.807) is 25.2 Å². The van der Waals surface area contributed by atoms with Crippen LogP contribution in [0.5, 0.6) is 0 Å². The van der Waals surface area contributed by atoms with Crippen LogP contribution in [0.3, 0.4) is 0 Å². The number of nitrogens with two attached hydrogens (primary N) is 1. The van der Waals surface area contributed by atoms with E-state index in [1.807, 2.05) is 0 Å². The maximum Gasteiger partial charge on any atom is 0.419 e. The van der Waals surface area contributed by atoms with Crippen LogP contribution in [0.4, 0.5) is 5.69 Å². The first-order valence-electron chi connectivity index (χ1n) is 8.11. The van der Waals surface area contributed by atoms with Crippen LogP contribution in [0.2, 0.25) is 0 Å². The molecule has 130 valence electrons. The molecule has 0 radical (unpaired) electrons. The van der Waals surface area contributed by atoms with Gasteiger partial charge in [-0.25, -0.2) is 4.79 Å². The maximum absolute atomic E-state index is 12.5. The van der Waals surface area contributed by atoms with Gasteiger partial charge in [0.2, 0.25) is 5.91 Å². The standard InChI is InChI=1S/C18H19N3O4/c1-3-15(22)21(18(16(19)23)9-5-4-6-10-18)12-7-8-14-13(11-12)20(2)17(24)25-14/h1,7-8,11H,4-6,9-10H2,2H3,(H2,19,23). The Morgan fingerprint density at radius 3 is 2.60 bits per heavy atom. The van der Waals surface area contributed by atoms with Gasteiger partial charge in [0.1, 0.15) is 5.54 Å². The van der Waals surface area contributed by atoms with E-state index in [4.69, 9.17) is 16.6 Å². The Balaban J connectivity index is 2.21. The van der Waals surface area contributed by atoms with E-state index in [1.165, 1.54) is 9.47 Å². The Morgan fingerprint density at radius 1 is 1.32 bits per heavy atom. The van der Waals surface area contributed by atoms with Crippen molar-refractivity contribution in [2.75, 3.05) is 4.90 Å². The van der Waals surface area contributed by atoms with Crippen LogP contribution in [-0.2, 0) is 16.6 Å². The number of amides is 2. The van der Waals surface area contributed by atoms with Crippen molar-refractivity contribution in [2.24, 2.45) is 12.8 Å². The summed E-state index contributed by atoms with van der Waals surface area (Å²) < 4.78 is 6.44. The third-order valence-corrected chi connectivity index (χ3v) is 4.93. The summed E-state index contributed by atoms with van der Waals surface area (Å²) in [5, 5.41) is 0. The minimum Gasteiger partial charge on any atom is -0.408 e. The van der Waals surface area contributed by atoms with Gasteiger partial charge in [-0.3, -0.25) is 19.1 Å². The first kappa shape index (κ1) is 16.8. The van der Waals surface area contributed by atoms with E-state index >= 15 is 0 Å². The quantitative estimate of drug-likeness (QED) is 0.850. The van der Waals surface area contributed by atoms with E-state index in [-0.39, 0.29) is 0 Å². The number of aromatic nitrogens is 1. The molecule has 0 aliphatic heterocycles. The lowest BCUT2D eigenvalue weighted by atomic mass is 9.79. The van der Waals surface area contributed by atoms with E-state index in [2.05, 4.69) is 5.92 Å². The molecule has 0 saturated heterocycles. The normalized spacial score (nSPS) is 16.3. The predicted molar refractivity (Wildman–Crippen MR) is 92.8 cm³/mol. The number of aryl methyl sites for hydroxylation is 1. The molecule has 0 atom stereocenters. The molecule has 0 unspecified atom stereocenters. The SMILES string of the molecule is C#CC(=O)N(c1ccc2oc(=O)n(C)c2c1)C1(C(N)=O)CCCCC1. The third kappa shape index (κ3) is 2.60. The third-order valence-electron chi connectivity index (χ3n) is 4.93. The van der Waals surface area contributed by atoms with Crippen molar-refractivity contribution in [1.29, 1.82) is 0 Å². The Labute approximate surface area is 144 Å². The van der Waals surface area contributed by atoms with Gasteiger partial charge in [-0.1, -0.05) is 19.3 Å². The molecular weight excluding hydrogens is 322 g/mol. The van der Waals surface area contributed by atoms with Crippen LogP contribution in [0.1, 0.15) is 32.1 Å². The highest BCUT2D eigenvalue weighted by atomic mass is 16.4. The zero-order chi connectivity index (χ0) is 18.2. The number of anilines is 1. The molecule has 1 aliphatic rings. The fraction of sp³-hybridized carbons (Fsp3) is 0.389. The zero-order valence-corrected chi connectivity index (χ0v) is 13.9. The lowest BCUT2D eigenvalue weighted by molar-refractivity contribution is -0.127. The molecule has 1 fully saturated rings. The molecule has 3 rings (SSSR count). The molecule has 0 bridgehead atoms. The molecule has 1 aromatic carbocycles. The van der Waals surface area contributed by atoms with Crippen molar-refractivity contribution < 1.29 is 14.0 Å². The predicted octanol–water partition coefficient (Wildman–Crippen LogP) is 1.29. The van der Waals surface area contributed by atoms with Gasteiger partial charge < -0.3 is 10.2 Å². The number of benzene rings is 1. The maximum atomic E-state index is 12.5. The molecular formula is C18H19N3O4. The van der Waals surface area contributed by atoms with E-state index in [9.17, 15) is 14.4 Å². The first-order valence-corrected chi connectivity index (χ1v) is 8.11. The number of carbonyl (C=O) groups is 2. The van der Waals surface area contributed by atoms with Crippen LogP contribution < -0.4 is 16.4 Å². The van der Waals surface area contributed by atoms with E-state index in [0.29, 0.717) is 29.6 Å². The molecule has 7 nitrogen and oxygen atoms in total. The van der Waals surface area contributed by atoms with Crippen LogP contribution in [-0.4, -0.2) is 21.9 Å². The highest BCUT2D eigenvalue weighted by Crippen LogP contribution is 2.37. The summed E-state index contributed by atoms with van der Waals surface area (Å²) in [5.41, 5.74) is 5.87. The largest absolute Gasteiger partial charge is 0.419 e. The molecule has 2 aromatic rings. The summed E-state index contributed by atoms with van der Waals surface area (Å²) in [6.07, 6.45) is 8.81. The summed E-state index contributed by atoms with van der Waals surface area (Å²) in [5.74, 6) is 0.382. The number of carbonyl (C=O) groups excluding carboxylic acids is 2. The van der Waals surface area contributed by atoms with Gasteiger partial charge in [0.25, 0.3) is 0 Å². The number of fused-ring (bicyclic) bond motifs is 1. The average molecular weight is 341 g/mol. The molecule has 0 spiro atoms. The minimum atomic E-state index is -1.15. The topological polar surface area (TPSA) is 98.5 Å². The van der Waals surface area contributed by atoms with Crippen molar-refractivity contribution >= 4 is 28.6 Å². The second-order valence-electron chi connectivity index (χ2n) is 6.32.